The monoisotopic (exact) mass is 266 g/mol. The van der Waals surface area contributed by atoms with E-state index in [0.29, 0.717) is 25.7 Å². The molecule has 0 aliphatic heterocycles. The summed E-state index contributed by atoms with van der Waals surface area (Å²) in [6.07, 6.45) is -0.225. The fourth-order valence-corrected chi connectivity index (χ4v) is 1.84. The van der Waals surface area contributed by atoms with E-state index in [1.54, 1.807) is 0 Å². The van der Waals surface area contributed by atoms with Gasteiger partial charge in [-0.25, -0.2) is 0 Å². The second-order valence-corrected chi connectivity index (χ2v) is 4.67. The highest BCUT2D eigenvalue weighted by Crippen LogP contribution is 2.23. The molecule has 0 radical (unpaired) electrons. The van der Waals surface area contributed by atoms with Gasteiger partial charge in [0.1, 0.15) is 11.7 Å². The van der Waals surface area contributed by atoms with Gasteiger partial charge in [-0.1, -0.05) is 0 Å². The molecule has 0 heterocycles. The maximum atomic E-state index is 10.1. The zero-order valence-electron chi connectivity index (χ0n) is 10.7. The van der Waals surface area contributed by atoms with Crippen LogP contribution in [0.15, 0.2) is 0 Å². The Balaban J connectivity index is 4.23. The van der Waals surface area contributed by atoms with E-state index in [-0.39, 0.29) is 26.1 Å². The van der Waals surface area contributed by atoms with E-state index in [1.165, 1.54) is 0 Å². The Bertz CT molecular complexity index is 201. The second-order valence-electron chi connectivity index (χ2n) is 4.67. The van der Waals surface area contributed by atoms with Crippen LogP contribution >= 0.6 is 0 Å². The summed E-state index contributed by atoms with van der Waals surface area (Å²) < 4.78 is 0. The summed E-state index contributed by atoms with van der Waals surface area (Å²) in [4.78, 5) is 0. The first-order chi connectivity index (χ1) is 8.51. The van der Waals surface area contributed by atoms with Gasteiger partial charge < -0.3 is 30.6 Å². The van der Waals surface area contributed by atoms with Crippen molar-refractivity contribution >= 4 is 0 Å². The van der Waals surface area contributed by atoms with Gasteiger partial charge in [-0.3, -0.25) is 0 Å². The second kappa shape index (κ2) is 9.66. The Labute approximate surface area is 108 Å². The number of hydrogen-bond donors (Lipinski definition) is 6. The molecule has 0 aliphatic rings. The van der Waals surface area contributed by atoms with Gasteiger partial charge in [0.2, 0.25) is 0 Å². The minimum absolute atomic E-state index is 0.0172. The molecule has 0 aromatic carbocycles. The van der Waals surface area contributed by atoms with Crippen LogP contribution in [-0.2, 0) is 0 Å². The Hall–Kier alpha value is -0.240. The summed E-state index contributed by atoms with van der Waals surface area (Å²) >= 11 is 0. The molecule has 0 aromatic rings. The molecule has 6 heteroatoms. The van der Waals surface area contributed by atoms with Crippen molar-refractivity contribution in [3.8, 4) is 0 Å². The van der Waals surface area contributed by atoms with Crippen molar-refractivity contribution in [2.45, 2.75) is 56.3 Å². The molecule has 0 unspecified atom stereocenters. The quantitative estimate of drug-likeness (QED) is 0.260. The topological polar surface area (TPSA) is 121 Å². The zero-order chi connectivity index (χ0) is 14.0. The molecule has 0 rings (SSSR count). The average Bonchev–Trinajstić information content (AvgIpc) is 2.38. The van der Waals surface area contributed by atoms with Gasteiger partial charge in [0, 0.05) is 13.2 Å². The van der Waals surface area contributed by atoms with Crippen molar-refractivity contribution in [1.29, 1.82) is 0 Å². The Morgan fingerprint density at radius 1 is 0.833 bits per heavy atom. The summed E-state index contributed by atoms with van der Waals surface area (Å²) in [6.45, 7) is -0.642. The maximum absolute atomic E-state index is 10.1. The lowest BCUT2D eigenvalue weighted by molar-refractivity contribution is -0.151. The highest BCUT2D eigenvalue weighted by molar-refractivity contribution is 4.90. The van der Waals surface area contributed by atoms with Crippen LogP contribution < -0.4 is 0 Å². The first kappa shape index (κ1) is 17.8. The minimum atomic E-state index is -1.74. The van der Waals surface area contributed by atoms with E-state index in [2.05, 4.69) is 0 Å². The molecule has 0 saturated heterocycles. The zero-order valence-corrected chi connectivity index (χ0v) is 10.7. The van der Waals surface area contributed by atoms with Crippen LogP contribution in [0.5, 0.6) is 0 Å². The third-order valence-electron chi connectivity index (χ3n) is 3.11. The fraction of sp³-hybridized carbons (Fsp3) is 1.00. The summed E-state index contributed by atoms with van der Waals surface area (Å²) in [5.41, 5.74) is -1.74. The minimum Gasteiger partial charge on any atom is -0.396 e. The molecular weight excluding hydrogens is 240 g/mol. The molecule has 0 aliphatic carbocycles. The van der Waals surface area contributed by atoms with Gasteiger partial charge in [-0.05, 0) is 38.5 Å². The van der Waals surface area contributed by atoms with Crippen LogP contribution in [0.3, 0.4) is 0 Å². The molecule has 18 heavy (non-hydrogen) atoms. The predicted octanol–water partition coefficient (Wildman–Crippen LogP) is -1.24. The molecular formula is C12H26O6. The Morgan fingerprint density at radius 2 is 1.39 bits per heavy atom. The molecule has 0 bridgehead atoms. The number of rotatable bonds is 11. The summed E-state index contributed by atoms with van der Waals surface area (Å²) in [5, 5.41) is 56.0. The lowest BCUT2D eigenvalue weighted by Gasteiger charge is -2.34. The van der Waals surface area contributed by atoms with Gasteiger partial charge >= 0.3 is 0 Å². The SMILES string of the molecule is OCCCC[C@H](O)[C@H](O)[C@@](O)(CO)CCCCO. The first-order valence-corrected chi connectivity index (χ1v) is 6.43. The van der Waals surface area contributed by atoms with E-state index in [0.717, 1.165) is 0 Å². The molecule has 0 aromatic heterocycles. The van der Waals surface area contributed by atoms with Crippen LogP contribution in [0, 0.1) is 0 Å². The lowest BCUT2D eigenvalue weighted by Crippen LogP contribution is -2.51. The van der Waals surface area contributed by atoms with Crippen LogP contribution in [0.4, 0.5) is 0 Å². The van der Waals surface area contributed by atoms with E-state index in [4.69, 9.17) is 15.3 Å². The number of unbranched alkanes of at least 4 members (excludes halogenated alkanes) is 2. The maximum Gasteiger partial charge on any atom is 0.116 e. The molecule has 0 saturated carbocycles. The van der Waals surface area contributed by atoms with Crippen LogP contribution in [-0.4, -0.2) is 68.3 Å². The highest BCUT2D eigenvalue weighted by Gasteiger charge is 2.38. The lowest BCUT2D eigenvalue weighted by atomic mass is 9.86. The molecule has 6 nitrogen and oxygen atoms in total. The normalized spacial score (nSPS) is 18.3. The summed E-state index contributed by atoms with van der Waals surface area (Å²) in [7, 11) is 0. The number of aliphatic hydroxyl groups is 6. The van der Waals surface area contributed by atoms with Crippen molar-refractivity contribution in [1.82, 2.24) is 0 Å². The Kier molecular flexibility index (Phi) is 9.53. The van der Waals surface area contributed by atoms with Crippen molar-refractivity contribution < 1.29 is 30.6 Å². The summed E-state index contributed by atoms with van der Waals surface area (Å²) in [5.74, 6) is 0. The highest BCUT2D eigenvalue weighted by atomic mass is 16.4. The number of hydrogen-bond acceptors (Lipinski definition) is 6. The largest absolute Gasteiger partial charge is 0.396 e. The Morgan fingerprint density at radius 3 is 1.89 bits per heavy atom. The molecule has 3 atom stereocenters. The summed E-state index contributed by atoms with van der Waals surface area (Å²) in [6, 6.07) is 0. The standard InChI is InChI=1S/C12H26O6/c13-7-3-1-5-10(16)11(17)12(18,9-15)6-2-4-8-14/h10-11,13-18H,1-9H2/t10-,11-,12-/m0/s1. The molecule has 110 valence electrons. The van der Waals surface area contributed by atoms with E-state index in [9.17, 15) is 15.3 Å². The first-order valence-electron chi connectivity index (χ1n) is 6.43. The average molecular weight is 266 g/mol. The number of aliphatic hydroxyl groups excluding tert-OH is 5. The fourth-order valence-electron chi connectivity index (χ4n) is 1.84. The molecule has 0 fully saturated rings. The van der Waals surface area contributed by atoms with Crippen LogP contribution in [0.1, 0.15) is 38.5 Å². The van der Waals surface area contributed by atoms with Crippen molar-refractivity contribution in [2.24, 2.45) is 0 Å². The van der Waals surface area contributed by atoms with Crippen molar-refractivity contribution in [3.05, 3.63) is 0 Å². The molecule has 6 N–H and O–H groups in total. The van der Waals surface area contributed by atoms with Gasteiger partial charge in [-0.2, -0.15) is 0 Å². The van der Waals surface area contributed by atoms with E-state index in [1.807, 2.05) is 0 Å². The molecule has 0 amide bonds. The van der Waals surface area contributed by atoms with Crippen LogP contribution in [0.2, 0.25) is 0 Å². The smallest absolute Gasteiger partial charge is 0.116 e. The van der Waals surface area contributed by atoms with Crippen LogP contribution in [0.25, 0.3) is 0 Å². The van der Waals surface area contributed by atoms with E-state index < -0.39 is 24.4 Å². The van der Waals surface area contributed by atoms with E-state index >= 15 is 0 Å². The van der Waals surface area contributed by atoms with Gasteiger partial charge in [-0.15, -0.1) is 0 Å². The van der Waals surface area contributed by atoms with Gasteiger partial charge in [0.25, 0.3) is 0 Å². The third-order valence-corrected chi connectivity index (χ3v) is 3.11. The third kappa shape index (κ3) is 6.08. The molecule has 0 spiro atoms. The van der Waals surface area contributed by atoms with Gasteiger partial charge in [0.05, 0.1) is 12.7 Å². The predicted molar refractivity (Wildman–Crippen MR) is 65.9 cm³/mol. The van der Waals surface area contributed by atoms with Crippen molar-refractivity contribution in [3.63, 3.8) is 0 Å². The van der Waals surface area contributed by atoms with Gasteiger partial charge in [0.15, 0.2) is 0 Å². The van der Waals surface area contributed by atoms with Crippen molar-refractivity contribution in [2.75, 3.05) is 19.8 Å².